The first kappa shape index (κ1) is 27.9. The highest BCUT2D eigenvalue weighted by Crippen LogP contribution is 2.48. The summed E-state index contributed by atoms with van der Waals surface area (Å²) in [5, 5.41) is 15.0. The molecule has 12 rings (SSSR count). The Morgan fingerprint density at radius 2 is 0.942 bits per heavy atom. The van der Waals surface area contributed by atoms with Crippen LogP contribution in [0.25, 0.3) is 115 Å². The van der Waals surface area contributed by atoms with Crippen LogP contribution < -0.4 is 0 Å². The van der Waals surface area contributed by atoms with Gasteiger partial charge in [0.2, 0.25) is 0 Å². The lowest BCUT2D eigenvalue weighted by atomic mass is 9.84. The van der Waals surface area contributed by atoms with Gasteiger partial charge in [0.25, 0.3) is 0 Å². The molecule has 2 nitrogen and oxygen atoms in total. The van der Waals surface area contributed by atoms with Crippen LogP contribution in [0.3, 0.4) is 0 Å². The third-order valence-corrected chi connectivity index (χ3v) is 11.3. The van der Waals surface area contributed by atoms with E-state index < -0.39 is 0 Å². The van der Waals surface area contributed by atoms with E-state index in [9.17, 15) is 0 Å². The fraction of sp³-hybridized carbons (Fsp3) is 0. The fourth-order valence-corrected chi connectivity index (χ4v) is 9.19. The predicted molar refractivity (Wildman–Crippen MR) is 220 cm³/mol. The molecule has 12 aromatic rings. The predicted octanol–water partition coefficient (Wildman–Crippen LogP) is 14.1. The molecule has 2 heterocycles. The van der Waals surface area contributed by atoms with Gasteiger partial charge in [-0.25, -0.2) is 0 Å². The molecule has 2 heteroatoms. The third-order valence-electron chi connectivity index (χ3n) is 11.3. The number of hydrogen-bond donors (Lipinski definition) is 0. The maximum absolute atomic E-state index is 6.36. The molecule has 0 bridgehead atoms. The van der Waals surface area contributed by atoms with Crippen molar-refractivity contribution in [1.29, 1.82) is 0 Å². The maximum Gasteiger partial charge on any atom is 0.136 e. The lowest BCUT2D eigenvalue weighted by molar-refractivity contribution is 0.669. The quantitative estimate of drug-likeness (QED) is 0.136. The lowest BCUT2D eigenvalue weighted by Gasteiger charge is -2.19. The monoisotopic (exact) mass is 659 g/mol. The number of rotatable bonds is 3. The second-order valence-electron chi connectivity index (χ2n) is 14.0. The lowest BCUT2D eigenvalue weighted by Crippen LogP contribution is -1.95. The summed E-state index contributed by atoms with van der Waals surface area (Å²) in [7, 11) is 0. The van der Waals surface area contributed by atoms with Gasteiger partial charge in [0.05, 0.1) is 11.0 Å². The molecule has 0 aliphatic rings. The summed E-state index contributed by atoms with van der Waals surface area (Å²) in [6, 6.07) is 64.3. The van der Waals surface area contributed by atoms with E-state index in [0.29, 0.717) is 0 Å². The van der Waals surface area contributed by atoms with E-state index in [1.165, 1.54) is 97.9 Å². The molecule has 10 aromatic carbocycles. The SMILES string of the molecule is c1ccc2c(c1)ccc1c2c2ccccc2n1-c1ccc(-c2c3ccccc3c(-c3ccc4oc5cccc6ccc3c4c65)c3ccccc23)cc1. The zero-order valence-electron chi connectivity index (χ0n) is 28.1. The first-order valence-corrected chi connectivity index (χ1v) is 17.9. The van der Waals surface area contributed by atoms with E-state index in [-0.39, 0.29) is 0 Å². The molecule has 0 aliphatic heterocycles. The molecule has 0 radical (unpaired) electrons. The van der Waals surface area contributed by atoms with E-state index >= 15 is 0 Å². The number of fused-ring (bicyclic) bond motifs is 7. The second-order valence-corrected chi connectivity index (χ2v) is 14.0. The van der Waals surface area contributed by atoms with Gasteiger partial charge in [-0.15, -0.1) is 0 Å². The van der Waals surface area contributed by atoms with Gasteiger partial charge in [-0.05, 0) is 108 Å². The molecule has 0 fully saturated rings. The van der Waals surface area contributed by atoms with Crippen LogP contribution in [0.1, 0.15) is 0 Å². The summed E-state index contributed by atoms with van der Waals surface area (Å²) in [5.74, 6) is 0. The Morgan fingerprint density at radius 3 is 1.71 bits per heavy atom. The zero-order valence-corrected chi connectivity index (χ0v) is 28.1. The van der Waals surface area contributed by atoms with E-state index in [2.05, 4.69) is 180 Å². The van der Waals surface area contributed by atoms with Gasteiger partial charge in [0.1, 0.15) is 11.2 Å². The minimum atomic E-state index is 0.937. The van der Waals surface area contributed by atoms with Crippen LogP contribution in [0.5, 0.6) is 0 Å². The highest BCUT2D eigenvalue weighted by atomic mass is 16.3. The third kappa shape index (κ3) is 3.68. The molecule has 0 saturated carbocycles. The zero-order chi connectivity index (χ0) is 33.9. The molecule has 0 aliphatic carbocycles. The van der Waals surface area contributed by atoms with Gasteiger partial charge in [0, 0.05) is 27.2 Å². The van der Waals surface area contributed by atoms with Crippen molar-refractivity contribution >= 4 is 86.8 Å². The van der Waals surface area contributed by atoms with Crippen LogP contribution in [0, 0.1) is 0 Å². The van der Waals surface area contributed by atoms with Crippen LogP contribution in [0.4, 0.5) is 0 Å². The molecule has 240 valence electrons. The fourth-order valence-electron chi connectivity index (χ4n) is 9.19. The number of para-hydroxylation sites is 1. The smallest absolute Gasteiger partial charge is 0.136 e. The minimum Gasteiger partial charge on any atom is -0.456 e. The first-order chi connectivity index (χ1) is 25.8. The topological polar surface area (TPSA) is 18.1 Å². The van der Waals surface area contributed by atoms with Crippen molar-refractivity contribution in [1.82, 2.24) is 4.57 Å². The number of aromatic nitrogens is 1. The van der Waals surface area contributed by atoms with Crippen molar-refractivity contribution in [2.24, 2.45) is 0 Å². The summed E-state index contributed by atoms with van der Waals surface area (Å²) in [4.78, 5) is 0. The standard InChI is InChI=1S/C50H29NO/c1-2-12-34-30(10-1)23-28-43-49(34)41-17-7-8-18-42(41)51(43)33-24-20-32(21-25-33)46-35-13-3-5-15-37(35)48(38-16-6-4-14-36(38)46)39-27-29-45-50-40(39)26-22-31-11-9-19-44(52-45)47(31)50/h1-29H. The molecular formula is C50H29NO. The van der Waals surface area contributed by atoms with Crippen LogP contribution in [-0.2, 0) is 0 Å². The Morgan fingerprint density at radius 1 is 0.327 bits per heavy atom. The van der Waals surface area contributed by atoms with Gasteiger partial charge in [0.15, 0.2) is 0 Å². The van der Waals surface area contributed by atoms with Crippen LogP contribution in [0.2, 0.25) is 0 Å². The molecular weight excluding hydrogens is 631 g/mol. The number of hydrogen-bond acceptors (Lipinski definition) is 1. The van der Waals surface area contributed by atoms with E-state index in [4.69, 9.17) is 4.42 Å². The average molecular weight is 660 g/mol. The molecule has 0 spiro atoms. The van der Waals surface area contributed by atoms with Crippen molar-refractivity contribution < 1.29 is 4.42 Å². The normalized spacial score (nSPS) is 12.2. The first-order valence-electron chi connectivity index (χ1n) is 17.9. The number of nitrogens with zero attached hydrogens (tertiary/aromatic N) is 1. The van der Waals surface area contributed by atoms with Crippen molar-refractivity contribution in [3.05, 3.63) is 176 Å². The number of benzene rings is 10. The molecule has 0 unspecified atom stereocenters. The van der Waals surface area contributed by atoms with Gasteiger partial charge in [-0.3, -0.25) is 0 Å². The van der Waals surface area contributed by atoms with Gasteiger partial charge in [-0.2, -0.15) is 0 Å². The maximum atomic E-state index is 6.36. The van der Waals surface area contributed by atoms with E-state index in [1.807, 2.05) is 0 Å². The highest BCUT2D eigenvalue weighted by Gasteiger charge is 2.21. The number of furan rings is 1. The largest absolute Gasteiger partial charge is 0.456 e. The molecule has 0 amide bonds. The van der Waals surface area contributed by atoms with Gasteiger partial charge < -0.3 is 8.98 Å². The van der Waals surface area contributed by atoms with E-state index in [0.717, 1.165) is 16.9 Å². The summed E-state index contributed by atoms with van der Waals surface area (Å²) < 4.78 is 8.77. The Balaban J connectivity index is 1.10. The van der Waals surface area contributed by atoms with Crippen molar-refractivity contribution in [3.8, 4) is 27.9 Å². The van der Waals surface area contributed by atoms with Crippen molar-refractivity contribution in [2.45, 2.75) is 0 Å². The van der Waals surface area contributed by atoms with Gasteiger partial charge in [-0.1, -0.05) is 133 Å². The van der Waals surface area contributed by atoms with Crippen molar-refractivity contribution in [2.75, 3.05) is 0 Å². The summed E-state index contributed by atoms with van der Waals surface area (Å²) >= 11 is 0. The van der Waals surface area contributed by atoms with Crippen LogP contribution in [0.15, 0.2) is 180 Å². The molecule has 0 saturated heterocycles. The van der Waals surface area contributed by atoms with Crippen LogP contribution >= 0.6 is 0 Å². The van der Waals surface area contributed by atoms with E-state index in [1.54, 1.807) is 0 Å². The minimum absolute atomic E-state index is 0.937. The van der Waals surface area contributed by atoms with Gasteiger partial charge >= 0.3 is 0 Å². The molecule has 2 aromatic heterocycles. The highest BCUT2D eigenvalue weighted by molar-refractivity contribution is 6.29. The summed E-state index contributed by atoms with van der Waals surface area (Å²) in [6.45, 7) is 0. The molecule has 0 atom stereocenters. The molecule has 52 heavy (non-hydrogen) atoms. The Labute approximate surface area is 298 Å². The Kier molecular flexibility index (Phi) is 5.53. The molecule has 0 N–H and O–H groups in total. The average Bonchev–Trinajstić information content (AvgIpc) is 3.76. The summed E-state index contributed by atoms with van der Waals surface area (Å²) in [5.41, 5.74) is 10.4. The Hall–Kier alpha value is -6.90. The summed E-state index contributed by atoms with van der Waals surface area (Å²) in [6.07, 6.45) is 0. The Bertz CT molecular complexity index is 3340. The second kappa shape index (κ2) is 10.3. The van der Waals surface area contributed by atoms with Crippen molar-refractivity contribution in [3.63, 3.8) is 0 Å². The van der Waals surface area contributed by atoms with Crippen LogP contribution in [-0.4, -0.2) is 4.57 Å².